The van der Waals surface area contributed by atoms with E-state index in [1.807, 2.05) is 22.6 Å². The summed E-state index contributed by atoms with van der Waals surface area (Å²) in [5.74, 6) is -0.0863. The first-order valence-electron chi connectivity index (χ1n) is 4.18. The first-order valence-corrected chi connectivity index (χ1v) is 5.26. The molecule has 1 aromatic carbocycles. The van der Waals surface area contributed by atoms with Crippen LogP contribution in [0.2, 0.25) is 0 Å². The minimum absolute atomic E-state index is 0.0818. The Hall–Kier alpha value is -0.720. The second kappa shape index (κ2) is 4.87. The predicted molar refractivity (Wildman–Crippen MR) is 60.5 cm³/mol. The Morgan fingerprint density at radius 3 is 2.53 bits per heavy atom. The van der Waals surface area contributed by atoms with E-state index in [0.29, 0.717) is 14.7 Å². The smallest absolute Gasteiger partial charge is 0.387 e. The van der Waals surface area contributed by atoms with Crippen molar-refractivity contribution < 1.29 is 18.3 Å². The van der Waals surface area contributed by atoms with E-state index in [9.17, 15) is 13.6 Å². The van der Waals surface area contributed by atoms with Gasteiger partial charge in [-0.1, -0.05) is 6.07 Å². The lowest BCUT2D eigenvalue weighted by atomic mass is 10.1. The van der Waals surface area contributed by atoms with Gasteiger partial charge in [-0.15, -0.1) is 0 Å². The molecule has 82 valence electrons. The lowest BCUT2D eigenvalue weighted by molar-refractivity contribution is -0.0509. The molecule has 0 bridgehead atoms. The van der Waals surface area contributed by atoms with Crippen LogP contribution in [-0.4, -0.2) is 12.4 Å². The van der Waals surface area contributed by atoms with E-state index in [1.165, 1.54) is 6.92 Å². The first kappa shape index (κ1) is 12.4. The lowest BCUT2D eigenvalue weighted by Gasteiger charge is -2.12. The number of aryl methyl sites for hydroxylation is 1. The minimum atomic E-state index is -2.88. The van der Waals surface area contributed by atoms with E-state index in [0.717, 1.165) is 0 Å². The van der Waals surface area contributed by atoms with Gasteiger partial charge >= 0.3 is 6.61 Å². The number of ketones is 1. The van der Waals surface area contributed by atoms with Gasteiger partial charge in [-0.2, -0.15) is 8.78 Å². The highest BCUT2D eigenvalue weighted by Gasteiger charge is 2.16. The number of Topliss-reactive ketones (excluding diaryl/α,β-unsaturated/α-hetero) is 1. The van der Waals surface area contributed by atoms with Gasteiger partial charge in [0.2, 0.25) is 0 Å². The van der Waals surface area contributed by atoms with E-state index >= 15 is 0 Å². The maximum atomic E-state index is 12.1. The zero-order chi connectivity index (χ0) is 11.6. The molecular formula is C10H9F2IO2. The number of alkyl halides is 2. The SMILES string of the molecule is CC(=O)c1ccc(C)c(OC(F)F)c1I. The molecule has 0 saturated heterocycles. The molecule has 0 spiro atoms. The largest absolute Gasteiger partial charge is 0.433 e. The van der Waals surface area contributed by atoms with E-state index < -0.39 is 6.61 Å². The van der Waals surface area contributed by atoms with Crippen LogP contribution in [0.1, 0.15) is 22.8 Å². The molecule has 0 unspecified atom stereocenters. The average Bonchev–Trinajstić information content (AvgIpc) is 2.11. The number of benzene rings is 1. The van der Waals surface area contributed by atoms with Crippen LogP contribution < -0.4 is 4.74 Å². The molecule has 0 aliphatic rings. The molecule has 0 atom stereocenters. The third-order valence-corrected chi connectivity index (χ3v) is 2.95. The Morgan fingerprint density at radius 1 is 1.47 bits per heavy atom. The maximum absolute atomic E-state index is 12.1. The highest BCUT2D eigenvalue weighted by Crippen LogP contribution is 2.30. The third-order valence-electron chi connectivity index (χ3n) is 1.88. The van der Waals surface area contributed by atoms with Gasteiger partial charge in [0, 0.05) is 5.56 Å². The molecule has 5 heteroatoms. The molecule has 0 radical (unpaired) electrons. The molecule has 0 aliphatic heterocycles. The molecule has 15 heavy (non-hydrogen) atoms. The van der Waals surface area contributed by atoms with Crippen LogP contribution >= 0.6 is 22.6 Å². The summed E-state index contributed by atoms with van der Waals surface area (Å²) in [6.45, 7) is 0.169. The monoisotopic (exact) mass is 326 g/mol. The summed E-state index contributed by atoms with van der Waals surface area (Å²) in [4.78, 5) is 11.2. The fourth-order valence-corrected chi connectivity index (χ4v) is 2.27. The second-order valence-electron chi connectivity index (χ2n) is 3.01. The summed E-state index contributed by atoms with van der Waals surface area (Å²) in [5, 5.41) is 0. The summed E-state index contributed by atoms with van der Waals surface area (Å²) in [6.07, 6.45) is 0. The summed E-state index contributed by atoms with van der Waals surface area (Å²) in [5.41, 5.74) is 0.988. The standard InChI is InChI=1S/C10H9F2IO2/c1-5-3-4-7(6(2)14)8(13)9(5)15-10(11)12/h3-4,10H,1-2H3. The van der Waals surface area contributed by atoms with Gasteiger partial charge in [-0.3, -0.25) is 4.79 Å². The van der Waals surface area contributed by atoms with Crippen LogP contribution in [0.4, 0.5) is 8.78 Å². The number of hydrogen-bond donors (Lipinski definition) is 0. The topological polar surface area (TPSA) is 26.3 Å². The molecule has 0 amide bonds. The quantitative estimate of drug-likeness (QED) is 0.629. The Bertz CT molecular complexity index is 391. The summed E-state index contributed by atoms with van der Waals surface area (Å²) >= 11 is 1.84. The summed E-state index contributed by atoms with van der Waals surface area (Å²) < 4.78 is 29.0. The fraction of sp³-hybridized carbons (Fsp3) is 0.300. The van der Waals surface area contributed by atoms with Crippen LogP contribution in [-0.2, 0) is 0 Å². The van der Waals surface area contributed by atoms with Gasteiger partial charge in [0.15, 0.2) is 5.78 Å². The lowest BCUT2D eigenvalue weighted by Crippen LogP contribution is -2.07. The molecule has 0 fully saturated rings. The Kier molecular flexibility index (Phi) is 4.01. The van der Waals surface area contributed by atoms with E-state index in [1.54, 1.807) is 19.1 Å². The Balaban J connectivity index is 3.24. The Morgan fingerprint density at radius 2 is 2.07 bits per heavy atom. The molecule has 1 rings (SSSR count). The zero-order valence-corrected chi connectivity index (χ0v) is 10.3. The van der Waals surface area contributed by atoms with Crippen molar-refractivity contribution in [2.45, 2.75) is 20.5 Å². The minimum Gasteiger partial charge on any atom is -0.433 e. The van der Waals surface area contributed by atoms with Gasteiger partial charge in [0.05, 0.1) is 3.57 Å². The average molecular weight is 326 g/mol. The number of halogens is 3. The highest BCUT2D eigenvalue weighted by molar-refractivity contribution is 14.1. The number of carbonyl (C=O) groups is 1. The molecule has 0 saturated carbocycles. The van der Waals surface area contributed by atoms with E-state index in [-0.39, 0.29) is 11.5 Å². The van der Waals surface area contributed by atoms with Gasteiger partial charge in [-0.25, -0.2) is 0 Å². The number of hydrogen-bond acceptors (Lipinski definition) is 2. The van der Waals surface area contributed by atoms with Crippen LogP contribution in [0.15, 0.2) is 12.1 Å². The van der Waals surface area contributed by atoms with Crippen molar-refractivity contribution in [2.75, 3.05) is 0 Å². The molecule has 1 aromatic rings. The molecule has 2 nitrogen and oxygen atoms in total. The van der Waals surface area contributed by atoms with Gasteiger partial charge in [0.1, 0.15) is 5.75 Å². The number of carbonyl (C=O) groups excluding carboxylic acids is 1. The van der Waals surface area contributed by atoms with Crippen molar-refractivity contribution in [3.05, 3.63) is 26.8 Å². The van der Waals surface area contributed by atoms with E-state index in [4.69, 9.17) is 0 Å². The molecular weight excluding hydrogens is 317 g/mol. The number of ether oxygens (including phenoxy) is 1. The van der Waals surface area contributed by atoms with Crippen molar-refractivity contribution in [1.29, 1.82) is 0 Å². The highest BCUT2D eigenvalue weighted by atomic mass is 127. The van der Waals surface area contributed by atoms with Gasteiger partial charge in [-0.05, 0) is 48.1 Å². The summed E-state index contributed by atoms with van der Waals surface area (Å²) in [7, 11) is 0. The first-order chi connectivity index (χ1) is 6.93. The Labute approximate surface area is 99.8 Å². The van der Waals surface area contributed by atoms with E-state index in [2.05, 4.69) is 4.74 Å². The zero-order valence-electron chi connectivity index (χ0n) is 8.18. The van der Waals surface area contributed by atoms with Crippen molar-refractivity contribution in [3.8, 4) is 5.75 Å². The molecule has 0 aromatic heterocycles. The van der Waals surface area contributed by atoms with Crippen LogP contribution in [0.5, 0.6) is 5.75 Å². The van der Waals surface area contributed by atoms with Crippen molar-refractivity contribution >= 4 is 28.4 Å². The molecule has 0 N–H and O–H groups in total. The van der Waals surface area contributed by atoms with Gasteiger partial charge < -0.3 is 4.74 Å². The predicted octanol–water partition coefficient (Wildman–Crippen LogP) is 3.40. The van der Waals surface area contributed by atoms with Crippen molar-refractivity contribution in [2.24, 2.45) is 0 Å². The van der Waals surface area contributed by atoms with Crippen LogP contribution in [0, 0.1) is 10.5 Å². The van der Waals surface area contributed by atoms with Crippen molar-refractivity contribution in [3.63, 3.8) is 0 Å². The fourth-order valence-electron chi connectivity index (χ4n) is 1.16. The number of rotatable bonds is 3. The van der Waals surface area contributed by atoms with Crippen LogP contribution in [0.3, 0.4) is 0 Å². The normalized spacial score (nSPS) is 10.5. The third kappa shape index (κ3) is 2.87. The van der Waals surface area contributed by atoms with Crippen molar-refractivity contribution in [1.82, 2.24) is 0 Å². The second-order valence-corrected chi connectivity index (χ2v) is 4.09. The van der Waals surface area contributed by atoms with Crippen LogP contribution in [0.25, 0.3) is 0 Å². The maximum Gasteiger partial charge on any atom is 0.387 e. The summed E-state index contributed by atoms with van der Waals surface area (Å²) in [6, 6.07) is 3.20. The van der Waals surface area contributed by atoms with Gasteiger partial charge in [0.25, 0.3) is 0 Å². The molecule has 0 aliphatic carbocycles. The molecule has 0 heterocycles.